The molecule has 3 saturated carbocycles. The zero-order valence-electron chi connectivity index (χ0n) is 23.9. The Morgan fingerprint density at radius 2 is 1.79 bits per heavy atom. The van der Waals surface area contributed by atoms with E-state index in [0.29, 0.717) is 29.3 Å². The molecule has 3 unspecified atom stereocenters. The zero-order chi connectivity index (χ0) is 26.3. The summed E-state index contributed by atoms with van der Waals surface area (Å²) in [6.45, 7) is 16.3. The Hall–Kier alpha value is -2.03. The molecule has 2 aliphatic heterocycles. The van der Waals surface area contributed by atoms with Gasteiger partial charge in [-0.15, -0.1) is 12.4 Å². The number of hydrogen-bond acceptors (Lipinski definition) is 8. The maximum absolute atomic E-state index is 14.7. The molecule has 0 bridgehead atoms. The minimum atomic E-state index is -0.264. The van der Waals surface area contributed by atoms with Crippen LogP contribution < -0.4 is 4.90 Å². The van der Waals surface area contributed by atoms with Gasteiger partial charge in [-0.05, 0) is 67.4 Å². The van der Waals surface area contributed by atoms with Gasteiger partial charge in [-0.2, -0.15) is 4.98 Å². The Morgan fingerprint density at radius 3 is 2.44 bits per heavy atom. The number of piperazine rings is 1. The van der Waals surface area contributed by atoms with E-state index < -0.39 is 0 Å². The second kappa shape index (κ2) is 9.52. The Bertz CT molecular complexity index is 1220. The smallest absolute Gasteiger partial charge is 0.223 e. The highest BCUT2D eigenvalue weighted by molar-refractivity contribution is 5.99. The number of halogens is 1. The molecule has 2 saturated heterocycles. The van der Waals surface area contributed by atoms with Gasteiger partial charge in [0.2, 0.25) is 11.7 Å². The summed E-state index contributed by atoms with van der Waals surface area (Å²) in [5, 5.41) is 3.98. The number of aryl methyl sites for hydroxylation is 1. The van der Waals surface area contributed by atoms with Crippen LogP contribution in [0, 0.1) is 35.5 Å². The topological polar surface area (TPSA) is 78.6 Å². The van der Waals surface area contributed by atoms with Crippen LogP contribution in [0.4, 0.5) is 5.69 Å². The number of hydrogen-bond donors (Lipinski definition) is 0. The number of fused-ring (bicyclic) bond motifs is 1. The minimum absolute atomic E-state index is 0. The van der Waals surface area contributed by atoms with Crippen LogP contribution in [0.3, 0.4) is 0 Å². The van der Waals surface area contributed by atoms with E-state index in [1.165, 1.54) is 25.8 Å². The van der Waals surface area contributed by atoms with E-state index in [1.807, 2.05) is 12.3 Å². The highest BCUT2D eigenvalue weighted by Crippen LogP contribution is 2.73. The van der Waals surface area contributed by atoms with Gasteiger partial charge in [-0.3, -0.25) is 14.7 Å². The number of carbonyl (C=O) groups is 1. The molecule has 0 aromatic carbocycles. The number of nitrogens with zero attached hydrogens (tertiary/aromatic N) is 6. The first-order valence-corrected chi connectivity index (χ1v) is 14.8. The fraction of sp³-hybridized carbons (Fsp3) is 0.733. The minimum Gasteiger partial charge on any atom is -0.370 e. The molecule has 0 radical (unpaired) electrons. The van der Waals surface area contributed by atoms with Gasteiger partial charge in [0.05, 0.1) is 17.4 Å². The second-order valence-electron chi connectivity index (χ2n) is 13.5. The van der Waals surface area contributed by atoms with Crippen molar-refractivity contribution in [3.05, 3.63) is 24.2 Å². The van der Waals surface area contributed by atoms with Crippen LogP contribution in [0.15, 0.2) is 22.9 Å². The van der Waals surface area contributed by atoms with Crippen molar-refractivity contribution in [3.8, 4) is 11.5 Å². The number of pyridine rings is 1. The third-order valence-corrected chi connectivity index (χ3v) is 11.1. The second-order valence-corrected chi connectivity index (χ2v) is 13.5. The molecule has 0 amide bonds. The van der Waals surface area contributed by atoms with E-state index in [1.54, 1.807) is 6.92 Å². The number of carbonyl (C=O) groups excluding carboxylic acids is 1. The van der Waals surface area contributed by atoms with Crippen molar-refractivity contribution in [2.24, 2.45) is 28.6 Å². The fourth-order valence-corrected chi connectivity index (χ4v) is 8.59. The van der Waals surface area contributed by atoms with Crippen LogP contribution in [0.5, 0.6) is 0 Å². The molecule has 0 N–H and O–H groups in total. The van der Waals surface area contributed by atoms with Gasteiger partial charge in [0.15, 0.2) is 5.78 Å². The molecule has 9 heteroatoms. The molecule has 4 heterocycles. The van der Waals surface area contributed by atoms with Crippen LogP contribution in [0.25, 0.3) is 11.5 Å². The van der Waals surface area contributed by atoms with E-state index >= 15 is 0 Å². The van der Waals surface area contributed by atoms with Gasteiger partial charge in [-0.25, -0.2) is 0 Å². The lowest BCUT2D eigenvalue weighted by Crippen LogP contribution is -2.61. The van der Waals surface area contributed by atoms with Crippen molar-refractivity contribution < 1.29 is 9.32 Å². The van der Waals surface area contributed by atoms with Crippen molar-refractivity contribution in [3.63, 3.8) is 0 Å². The van der Waals surface area contributed by atoms with Crippen LogP contribution in [-0.2, 0) is 4.79 Å². The quantitative estimate of drug-likeness (QED) is 0.517. The first-order chi connectivity index (χ1) is 18.2. The number of ketones is 1. The lowest BCUT2D eigenvalue weighted by Gasteiger charge is -2.48. The van der Waals surface area contributed by atoms with E-state index in [2.05, 4.69) is 56.7 Å². The summed E-state index contributed by atoms with van der Waals surface area (Å²) in [6.07, 6.45) is 7.99. The Labute approximate surface area is 238 Å². The van der Waals surface area contributed by atoms with E-state index in [-0.39, 0.29) is 28.8 Å². The zero-order valence-corrected chi connectivity index (χ0v) is 24.7. The predicted octanol–water partition coefficient (Wildman–Crippen LogP) is 4.48. The first-order valence-electron chi connectivity index (χ1n) is 14.8. The van der Waals surface area contributed by atoms with Gasteiger partial charge in [0.1, 0.15) is 5.69 Å². The summed E-state index contributed by atoms with van der Waals surface area (Å²) in [5.74, 6) is 3.43. The molecule has 5 fully saturated rings. The van der Waals surface area contributed by atoms with Crippen molar-refractivity contribution in [2.45, 2.75) is 65.3 Å². The number of aromatic nitrogens is 3. The molecular weight excluding hydrogens is 512 g/mol. The first kappa shape index (κ1) is 27.2. The Morgan fingerprint density at radius 1 is 1.03 bits per heavy atom. The lowest BCUT2D eigenvalue weighted by molar-refractivity contribution is -0.144. The number of Topliss-reactive ketones (excluding diaryl/α,β-unsaturated/α-hetero) is 1. The highest BCUT2D eigenvalue weighted by atomic mass is 35.5. The Kier molecular flexibility index (Phi) is 6.63. The van der Waals surface area contributed by atoms with Crippen LogP contribution >= 0.6 is 12.4 Å². The summed E-state index contributed by atoms with van der Waals surface area (Å²) < 4.78 is 5.10. The summed E-state index contributed by atoms with van der Waals surface area (Å²) in [6, 6.07) is 4.07. The number of rotatable bonds is 6. The van der Waals surface area contributed by atoms with E-state index in [4.69, 9.17) is 4.52 Å². The van der Waals surface area contributed by atoms with Crippen molar-refractivity contribution >= 4 is 23.9 Å². The molecule has 39 heavy (non-hydrogen) atoms. The average molecular weight is 555 g/mol. The monoisotopic (exact) mass is 554 g/mol. The molecular formula is C30H43ClN6O2. The molecule has 7 rings (SSSR count). The lowest BCUT2D eigenvalue weighted by atomic mass is 9.63. The van der Waals surface area contributed by atoms with E-state index in [0.717, 1.165) is 69.4 Å². The van der Waals surface area contributed by atoms with Gasteiger partial charge in [-0.1, -0.05) is 25.9 Å². The van der Waals surface area contributed by atoms with Crippen molar-refractivity contribution in [2.75, 3.05) is 50.7 Å². The van der Waals surface area contributed by atoms with E-state index in [9.17, 15) is 4.79 Å². The SMILES string of the molecule is Cc1nc(-c2ccc(N3CC[C@@H](C4(C)CCC5C(C)(C)C5(N5CCN(CC6CC6)CC5)C4=O)C3)cn2)no1.Cl. The van der Waals surface area contributed by atoms with Crippen LogP contribution in [0.2, 0.25) is 0 Å². The molecule has 2 aromatic rings. The normalized spacial score (nSPS) is 34.6. The van der Waals surface area contributed by atoms with Gasteiger partial charge in [0, 0.05) is 58.2 Å². The number of anilines is 1. The highest BCUT2D eigenvalue weighted by Gasteiger charge is 2.81. The standard InChI is InChI=1S/C30H42N6O2.ClH/c1-20-32-26(33-38-20)24-8-7-23(17-31-24)35-12-10-22(19-35)29(4)11-9-25-28(2,3)30(25,27(29)37)36-15-13-34(14-16-36)18-21-5-6-21;/h7-8,17,21-22,25H,5-6,9-16,18-19H2,1-4H3;1H/t22-,25?,29?,30?;/m1./s1. The van der Waals surface area contributed by atoms with Crippen molar-refractivity contribution in [1.29, 1.82) is 0 Å². The molecule has 0 spiro atoms. The van der Waals surface area contributed by atoms with Gasteiger partial charge >= 0.3 is 0 Å². The van der Waals surface area contributed by atoms with Crippen LogP contribution in [-0.4, -0.2) is 82.1 Å². The molecule has 212 valence electrons. The fourth-order valence-electron chi connectivity index (χ4n) is 8.59. The summed E-state index contributed by atoms with van der Waals surface area (Å²) in [4.78, 5) is 31.3. The largest absolute Gasteiger partial charge is 0.370 e. The van der Waals surface area contributed by atoms with Gasteiger partial charge in [0.25, 0.3) is 0 Å². The third kappa shape index (κ3) is 4.15. The molecule has 4 atom stereocenters. The summed E-state index contributed by atoms with van der Waals surface area (Å²) in [7, 11) is 0. The molecule has 2 aromatic heterocycles. The summed E-state index contributed by atoms with van der Waals surface area (Å²) >= 11 is 0. The maximum atomic E-state index is 14.7. The third-order valence-electron chi connectivity index (χ3n) is 11.1. The van der Waals surface area contributed by atoms with Gasteiger partial charge < -0.3 is 14.3 Å². The average Bonchev–Trinajstić information content (AvgIpc) is 3.62. The van der Waals surface area contributed by atoms with Crippen LogP contribution in [0.1, 0.15) is 58.8 Å². The Balaban J connectivity index is 0.00000277. The molecule has 5 aliphatic rings. The molecule has 3 aliphatic carbocycles. The maximum Gasteiger partial charge on any atom is 0.223 e. The molecule has 8 nitrogen and oxygen atoms in total. The van der Waals surface area contributed by atoms with Crippen molar-refractivity contribution in [1.82, 2.24) is 24.9 Å². The predicted molar refractivity (Wildman–Crippen MR) is 153 cm³/mol. The summed E-state index contributed by atoms with van der Waals surface area (Å²) in [5.41, 5.74) is 1.38.